The fourth-order valence-electron chi connectivity index (χ4n) is 3.16. The smallest absolute Gasteiger partial charge is 0.137 e. The molecule has 3 heteroatoms. The highest BCUT2D eigenvalue weighted by Gasteiger charge is 2.40. The maximum Gasteiger partial charge on any atom is 0.137 e. The standard InChI is InChI=1S/C14H14N2O/c15-9-10-3-1-2-4-14(10)16-11-5-6-12(16)8-13(17)7-11/h1-4,11-12H,5-8H2. The van der Waals surface area contributed by atoms with Gasteiger partial charge in [-0.2, -0.15) is 5.26 Å². The highest BCUT2D eigenvalue weighted by molar-refractivity contribution is 5.83. The van der Waals surface area contributed by atoms with Gasteiger partial charge < -0.3 is 4.90 Å². The number of benzene rings is 1. The van der Waals surface area contributed by atoms with E-state index in [9.17, 15) is 4.79 Å². The van der Waals surface area contributed by atoms with Gasteiger partial charge in [0.25, 0.3) is 0 Å². The van der Waals surface area contributed by atoms with E-state index in [1.165, 1.54) is 0 Å². The van der Waals surface area contributed by atoms with E-state index in [-0.39, 0.29) is 0 Å². The maximum absolute atomic E-state index is 11.6. The van der Waals surface area contributed by atoms with Crippen LogP contribution in [0.1, 0.15) is 31.2 Å². The summed E-state index contributed by atoms with van der Waals surface area (Å²) in [5, 5.41) is 9.15. The second kappa shape index (κ2) is 3.89. The van der Waals surface area contributed by atoms with Gasteiger partial charge in [-0.15, -0.1) is 0 Å². The molecule has 1 aromatic carbocycles. The number of piperidine rings is 1. The first kappa shape index (κ1) is 10.3. The van der Waals surface area contributed by atoms with Crippen LogP contribution in [-0.2, 0) is 4.79 Å². The van der Waals surface area contributed by atoms with Gasteiger partial charge in [0.1, 0.15) is 11.9 Å². The molecule has 0 N–H and O–H groups in total. The van der Waals surface area contributed by atoms with Crippen molar-refractivity contribution < 1.29 is 4.79 Å². The Morgan fingerprint density at radius 2 is 1.82 bits per heavy atom. The molecule has 86 valence electrons. The largest absolute Gasteiger partial charge is 0.364 e. The number of anilines is 1. The van der Waals surface area contributed by atoms with Crippen molar-refractivity contribution in [2.75, 3.05) is 4.90 Å². The molecule has 3 nitrogen and oxygen atoms in total. The van der Waals surface area contributed by atoms with Gasteiger partial charge in [-0.25, -0.2) is 0 Å². The minimum absolute atomic E-state index is 0.316. The van der Waals surface area contributed by atoms with Crippen LogP contribution in [0.15, 0.2) is 24.3 Å². The lowest BCUT2D eigenvalue weighted by atomic mass is 9.99. The van der Waals surface area contributed by atoms with E-state index in [0.29, 0.717) is 30.7 Å². The minimum atomic E-state index is 0.316. The quantitative estimate of drug-likeness (QED) is 0.737. The molecule has 3 rings (SSSR count). The van der Waals surface area contributed by atoms with Gasteiger partial charge >= 0.3 is 0 Å². The third-order valence-electron chi connectivity index (χ3n) is 3.85. The van der Waals surface area contributed by atoms with Gasteiger partial charge in [0.2, 0.25) is 0 Å². The topological polar surface area (TPSA) is 44.1 Å². The molecule has 2 heterocycles. The zero-order valence-corrected chi connectivity index (χ0v) is 9.60. The van der Waals surface area contributed by atoms with Crippen LogP contribution in [0.25, 0.3) is 0 Å². The van der Waals surface area contributed by atoms with E-state index in [4.69, 9.17) is 5.26 Å². The lowest BCUT2D eigenvalue weighted by molar-refractivity contribution is -0.120. The minimum Gasteiger partial charge on any atom is -0.364 e. The molecule has 2 fully saturated rings. The summed E-state index contributed by atoms with van der Waals surface area (Å²) in [5.74, 6) is 0.378. The second-order valence-electron chi connectivity index (χ2n) is 4.87. The Labute approximate surface area is 101 Å². The summed E-state index contributed by atoms with van der Waals surface area (Å²) < 4.78 is 0. The molecule has 2 atom stereocenters. The molecular formula is C14H14N2O. The van der Waals surface area contributed by atoms with Gasteiger partial charge in [-0.3, -0.25) is 4.79 Å². The van der Waals surface area contributed by atoms with E-state index in [1.807, 2.05) is 24.3 Å². The number of fused-ring (bicyclic) bond motifs is 2. The van der Waals surface area contributed by atoms with Crippen LogP contribution >= 0.6 is 0 Å². The summed E-state index contributed by atoms with van der Waals surface area (Å²) in [7, 11) is 0. The summed E-state index contributed by atoms with van der Waals surface area (Å²) in [6, 6.07) is 10.6. The Kier molecular flexibility index (Phi) is 2.36. The van der Waals surface area contributed by atoms with E-state index in [0.717, 1.165) is 24.1 Å². The van der Waals surface area contributed by atoms with Crippen molar-refractivity contribution in [3.8, 4) is 6.07 Å². The summed E-state index contributed by atoms with van der Waals surface area (Å²) in [6.07, 6.45) is 3.46. The van der Waals surface area contributed by atoms with Crippen LogP contribution in [0.4, 0.5) is 5.69 Å². The molecule has 2 aliphatic rings. The highest BCUT2D eigenvalue weighted by Crippen LogP contribution is 2.39. The van der Waals surface area contributed by atoms with Gasteiger partial charge in [0.15, 0.2) is 0 Å². The molecular weight excluding hydrogens is 212 g/mol. The van der Waals surface area contributed by atoms with Crippen LogP contribution < -0.4 is 4.90 Å². The Morgan fingerprint density at radius 1 is 1.18 bits per heavy atom. The Morgan fingerprint density at radius 3 is 2.47 bits per heavy atom. The molecule has 0 amide bonds. The first-order valence-corrected chi connectivity index (χ1v) is 6.09. The molecule has 0 aromatic heterocycles. The number of rotatable bonds is 1. The van der Waals surface area contributed by atoms with Crippen molar-refractivity contribution in [2.45, 2.75) is 37.8 Å². The third-order valence-corrected chi connectivity index (χ3v) is 3.85. The molecule has 0 saturated carbocycles. The zero-order chi connectivity index (χ0) is 11.8. The van der Waals surface area contributed by atoms with Crippen molar-refractivity contribution in [3.63, 3.8) is 0 Å². The molecule has 17 heavy (non-hydrogen) atoms. The molecule has 2 saturated heterocycles. The summed E-state index contributed by atoms with van der Waals surface area (Å²) in [5.41, 5.74) is 1.73. The van der Waals surface area contributed by atoms with Crippen molar-refractivity contribution in [1.82, 2.24) is 0 Å². The van der Waals surface area contributed by atoms with Crippen LogP contribution in [-0.4, -0.2) is 17.9 Å². The monoisotopic (exact) mass is 226 g/mol. The van der Waals surface area contributed by atoms with Gasteiger partial charge in [0, 0.05) is 24.9 Å². The number of hydrogen-bond acceptors (Lipinski definition) is 3. The second-order valence-corrected chi connectivity index (χ2v) is 4.87. The van der Waals surface area contributed by atoms with Crippen molar-refractivity contribution in [1.29, 1.82) is 5.26 Å². The Bertz CT molecular complexity index is 487. The zero-order valence-electron chi connectivity index (χ0n) is 9.60. The summed E-state index contributed by atoms with van der Waals surface area (Å²) >= 11 is 0. The van der Waals surface area contributed by atoms with Crippen LogP contribution in [0, 0.1) is 11.3 Å². The average Bonchev–Trinajstić information content (AvgIpc) is 2.61. The number of nitriles is 1. The number of carbonyl (C=O) groups is 1. The van der Waals surface area contributed by atoms with Gasteiger partial charge in [-0.1, -0.05) is 12.1 Å². The molecule has 1 aromatic rings. The summed E-state index contributed by atoms with van der Waals surface area (Å²) in [4.78, 5) is 13.9. The van der Waals surface area contributed by atoms with Gasteiger partial charge in [-0.05, 0) is 25.0 Å². The van der Waals surface area contributed by atoms with E-state index >= 15 is 0 Å². The number of nitrogens with zero attached hydrogens (tertiary/aromatic N) is 2. The Hall–Kier alpha value is -1.82. The van der Waals surface area contributed by atoms with E-state index in [1.54, 1.807) is 0 Å². The van der Waals surface area contributed by atoms with Gasteiger partial charge in [0.05, 0.1) is 11.3 Å². The fraction of sp³-hybridized carbons (Fsp3) is 0.429. The fourth-order valence-corrected chi connectivity index (χ4v) is 3.16. The normalized spacial score (nSPS) is 27.0. The third kappa shape index (κ3) is 1.61. The van der Waals surface area contributed by atoms with Crippen LogP contribution in [0.5, 0.6) is 0 Å². The van der Waals surface area contributed by atoms with E-state index in [2.05, 4.69) is 11.0 Å². The maximum atomic E-state index is 11.6. The lowest BCUT2D eigenvalue weighted by Crippen LogP contribution is -2.43. The van der Waals surface area contributed by atoms with E-state index < -0.39 is 0 Å². The number of ketones is 1. The first-order valence-electron chi connectivity index (χ1n) is 6.09. The van der Waals surface area contributed by atoms with Crippen molar-refractivity contribution >= 4 is 11.5 Å². The highest BCUT2D eigenvalue weighted by atomic mass is 16.1. The average molecular weight is 226 g/mol. The van der Waals surface area contributed by atoms with Crippen molar-refractivity contribution in [2.24, 2.45) is 0 Å². The molecule has 0 radical (unpaired) electrons. The molecule has 0 aliphatic carbocycles. The number of para-hydroxylation sites is 1. The SMILES string of the molecule is N#Cc1ccccc1N1C2CCC1CC(=O)C2. The number of hydrogen-bond donors (Lipinski definition) is 0. The van der Waals surface area contributed by atoms with Crippen molar-refractivity contribution in [3.05, 3.63) is 29.8 Å². The predicted octanol–water partition coefficient (Wildman–Crippen LogP) is 2.26. The molecule has 0 spiro atoms. The lowest BCUT2D eigenvalue weighted by Gasteiger charge is -2.36. The summed E-state index contributed by atoms with van der Waals surface area (Å²) in [6.45, 7) is 0. The molecule has 2 bridgehead atoms. The molecule has 2 unspecified atom stereocenters. The Balaban J connectivity index is 2.00. The molecule has 2 aliphatic heterocycles. The number of carbonyl (C=O) groups excluding carboxylic acids is 1. The first-order chi connectivity index (χ1) is 8.29. The van der Waals surface area contributed by atoms with Crippen LogP contribution in [0.3, 0.4) is 0 Å². The predicted molar refractivity (Wildman–Crippen MR) is 64.7 cm³/mol. The van der Waals surface area contributed by atoms with Crippen LogP contribution in [0.2, 0.25) is 0 Å². The number of Topliss-reactive ketones (excluding diaryl/α,β-unsaturated/α-hetero) is 1.